The van der Waals surface area contributed by atoms with Crippen molar-refractivity contribution < 1.29 is 9.15 Å². The van der Waals surface area contributed by atoms with Crippen molar-refractivity contribution in [2.75, 3.05) is 20.2 Å². The molecule has 0 aromatic carbocycles. The van der Waals surface area contributed by atoms with E-state index in [0.717, 1.165) is 31.2 Å². The summed E-state index contributed by atoms with van der Waals surface area (Å²) in [4.78, 5) is 2.43. The van der Waals surface area contributed by atoms with Crippen LogP contribution in [-0.2, 0) is 17.9 Å². The lowest BCUT2D eigenvalue weighted by molar-refractivity contribution is 0.0618. The van der Waals surface area contributed by atoms with Crippen LogP contribution >= 0.6 is 0 Å². The number of aryl methyl sites for hydroxylation is 1. The second-order valence-electron chi connectivity index (χ2n) is 5.80. The minimum Gasteiger partial charge on any atom is -0.464 e. The Morgan fingerprint density at radius 1 is 1.25 bits per heavy atom. The van der Waals surface area contributed by atoms with Gasteiger partial charge in [0.2, 0.25) is 0 Å². The third kappa shape index (κ3) is 5.27. The number of ether oxygens (including phenoxy) is 1. The van der Waals surface area contributed by atoms with Crippen molar-refractivity contribution >= 4 is 0 Å². The van der Waals surface area contributed by atoms with E-state index in [4.69, 9.17) is 9.15 Å². The first kappa shape index (κ1) is 17.2. The highest BCUT2D eigenvalue weighted by Gasteiger charge is 2.13. The lowest BCUT2D eigenvalue weighted by Gasteiger charge is -2.30. The van der Waals surface area contributed by atoms with E-state index >= 15 is 0 Å². The van der Waals surface area contributed by atoms with Crippen LogP contribution in [-0.4, -0.2) is 37.2 Å². The molecule has 0 aliphatic rings. The van der Waals surface area contributed by atoms with Crippen molar-refractivity contribution in [3.05, 3.63) is 23.2 Å². The predicted octanol–water partition coefficient (Wildman–Crippen LogP) is 2.94. The molecule has 1 aromatic heterocycles. The van der Waals surface area contributed by atoms with Crippen LogP contribution in [0.4, 0.5) is 0 Å². The first-order chi connectivity index (χ1) is 9.45. The molecule has 0 unspecified atom stereocenters. The lowest BCUT2D eigenvalue weighted by Crippen LogP contribution is -2.39. The van der Waals surface area contributed by atoms with Gasteiger partial charge in [0.15, 0.2) is 0 Å². The second kappa shape index (κ2) is 8.45. The van der Waals surface area contributed by atoms with Crippen molar-refractivity contribution in [1.29, 1.82) is 0 Å². The summed E-state index contributed by atoms with van der Waals surface area (Å²) in [6.45, 7) is 14.0. The predicted molar refractivity (Wildman–Crippen MR) is 82.8 cm³/mol. The smallest absolute Gasteiger partial charge is 0.130 e. The van der Waals surface area contributed by atoms with Crippen molar-refractivity contribution in [2.24, 2.45) is 0 Å². The molecule has 0 bridgehead atoms. The normalized spacial score (nSPS) is 12.1. The fourth-order valence-corrected chi connectivity index (χ4v) is 2.48. The van der Waals surface area contributed by atoms with Gasteiger partial charge in [0.25, 0.3) is 0 Å². The summed E-state index contributed by atoms with van der Waals surface area (Å²) in [5, 5.41) is 3.14. The van der Waals surface area contributed by atoms with Gasteiger partial charge < -0.3 is 14.5 Å². The Morgan fingerprint density at radius 2 is 1.90 bits per heavy atom. The highest BCUT2D eigenvalue weighted by Crippen LogP contribution is 2.15. The van der Waals surface area contributed by atoms with Crippen LogP contribution in [0.25, 0.3) is 0 Å². The van der Waals surface area contributed by atoms with Crippen LogP contribution < -0.4 is 5.32 Å². The van der Waals surface area contributed by atoms with Gasteiger partial charge in [-0.15, -0.1) is 0 Å². The molecular formula is C16H30N2O2. The zero-order valence-corrected chi connectivity index (χ0v) is 13.8. The van der Waals surface area contributed by atoms with Crippen LogP contribution in [0.3, 0.4) is 0 Å². The minimum atomic E-state index is 0.548. The van der Waals surface area contributed by atoms with Gasteiger partial charge in [-0.25, -0.2) is 0 Å². The first-order valence-electron chi connectivity index (χ1n) is 7.52. The molecule has 0 aliphatic heterocycles. The topological polar surface area (TPSA) is 37.6 Å². The van der Waals surface area contributed by atoms with E-state index in [9.17, 15) is 0 Å². The number of hydrogen-bond acceptors (Lipinski definition) is 4. The van der Waals surface area contributed by atoms with Gasteiger partial charge in [-0.1, -0.05) is 0 Å². The fourth-order valence-electron chi connectivity index (χ4n) is 2.48. The van der Waals surface area contributed by atoms with Crippen molar-refractivity contribution in [1.82, 2.24) is 10.2 Å². The van der Waals surface area contributed by atoms with Crippen LogP contribution in [0.1, 0.15) is 44.8 Å². The molecule has 0 radical (unpaired) electrons. The Bertz CT molecular complexity index is 378. The molecular weight excluding hydrogens is 252 g/mol. The summed E-state index contributed by atoms with van der Waals surface area (Å²) in [6.07, 6.45) is 0. The minimum absolute atomic E-state index is 0.548. The summed E-state index contributed by atoms with van der Waals surface area (Å²) in [5.41, 5.74) is 1.21. The summed E-state index contributed by atoms with van der Waals surface area (Å²) < 4.78 is 11.4. The highest BCUT2D eigenvalue weighted by molar-refractivity contribution is 5.20. The summed E-state index contributed by atoms with van der Waals surface area (Å²) in [6, 6.07) is 3.17. The van der Waals surface area contributed by atoms with E-state index < -0.39 is 0 Å². The van der Waals surface area contributed by atoms with E-state index in [2.05, 4.69) is 44.0 Å². The number of furan rings is 1. The second-order valence-corrected chi connectivity index (χ2v) is 5.80. The maximum Gasteiger partial charge on any atom is 0.130 e. The molecule has 1 N–H and O–H groups in total. The quantitative estimate of drug-likeness (QED) is 0.707. The van der Waals surface area contributed by atoms with Gasteiger partial charge in [0.05, 0.1) is 6.61 Å². The monoisotopic (exact) mass is 282 g/mol. The van der Waals surface area contributed by atoms with E-state index in [1.165, 1.54) is 5.56 Å². The average molecular weight is 282 g/mol. The van der Waals surface area contributed by atoms with Gasteiger partial charge in [0.1, 0.15) is 18.1 Å². The standard InChI is InChI=1S/C16H30N2O2/c1-12(2)18(13(3)4)7-8-19-11-16-9-15(10-17-6)14(5)20-16/h9,12-13,17H,7-8,10-11H2,1-6H3. The Morgan fingerprint density at radius 3 is 2.45 bits per heavy atom. The number of rotatable bonds is 9. The molecule has 4 nitrogen and oxygen atoms in total. The molecule has 0 spiro atoms. The van der Waals surface area contributed by atoms with E-state index in [1.54, 1.807) is 0 Å². The molecule has 0 amide bonds. The van der Waals surface area contributed by atoms with Gasteiger partial charge in [-0.05, 0) is 47.7 Å². The Hall–Kier alpha value is -0.840. The molecule has 1 heterocycles. The highest BCUT2D eigenvalue weighted by atomic mass is 16.5. The molecule has 20 heavy (non-hydrogen) atoms. The van der Waals surface area contributed by atoms with Crippen LogP contribution in [0.15, 0.2) is 10.5 Å². The Kier molecular flexibility index (Phi) is 7.27. The molecule has 0 saturated carbocycles. The summed E-state index contributed by atoms with van der Waals surface area (Å²) in [5.74, 6) is 1.89. The zero-order valence-electron chi connectivity index (χ0n) is 13.8. The van der Waals surface area contributed by atoms with Crippen LogP contribution in [0, 0.1) is 6.92 Å². The van der Waals surface area contributed by atoms with Gasteiger partial charge in [0, 0.05) is 30.7 Å². The fraction of sp³-hybridized carbons (Fsp3) is 0.750. The van der Waals surface area contributed by atoms with Crippen molar-refractivity contribution in [3.8, 4) is 0 Å². The Balaban J connectivity index is 2.35. The third-order valence-electron chi connectivity index (χ3n) is 3.50. The molecule has 0 saturated heterocycles. The molecule has 4 heteroatoms. The molecule has 0 aliphatic carbocycles. The molecule has 116 valence electrons. The van der Waals surface area contributed by atoms with E-state index in [1.807, 2.05) is 14.0 Å². The van der Waals surface area contributed by atoms with Gasteiger partial charge in [-0.3, -0.25) is 4.90 Å². The third-order valence-corrected chi connectivity index (χ3v) is 3.50. The average Bonchev–Trinajstić information content (AvgIpc) is 2.69. The van der Waals surface area contributed by atoms with Crippen molar-refractivity contribution in [3.63, 3.8) is 0 Å². The lowest BCUT2D eigenvalue weighted by atomic mass is 10.2. The zero-order chi connectivity index (χ0) is 15.1. The molecule has 1 rings (SSSR count). The number of nitrogens with one attached hydrogen (secondary N) is 1. The maximum atomic E-state index is 5.74. The Labute approximate surface area is 123 Å². The van der Waals surface area contributed by atoms with Gasteiger partial charge >= 0.3 is 0 Å². The summed E-state index contributed by atoms with van der Waals surface area (Å²) in [7, 11) is 1.94. The number of nitrogens with zero attached hydrogens (tertiary/aromatic N) is 1. The van der Waals surface area contributed by atoms with E-state index in [-0.39, 0.29) is 0 Å². The summed E-state index contributed by atoms with van der Waals surface area (Å²) >= 11 is 0. The van der Waals surface area contributed by atoms with Crippen molar-refractivity contribution in [2.45, 2.75) is 59.9 Å². The van der Waals surface area contributed by atoms with E-state index in [0.29, 0.717) is 18.7 Å². The number of hydrogen-bond donors (Lipinski definition) is 1. The molecule has 1 aromatic rings. The molecule has 0 atom stereocenters. The molecule has 0 fully saturated rings. The van der Waals surface area contributed by atoms with Gasteiger partial charge in [-0.2, -0.15) is 0 Å². The van der Waals surface area contributed by atoms with Crippen LogP contribution in [0.5, 0.6) is 0 Å². The maximum absolute atomic E-state index is 5.74. The first-order valence-corrected chi connectivity index (χ1v) is 7.52. The van der Waals surface area contributed by atoms with Crippen LogP contribution in [0.2, 0.25) is 0 Å². The largest absolute Gasteiger partial charge is 0.464 e. The SMILES string of the molecule is CNCc1cc(COCCN(C(C)C)C(C)C)oc1C.